The molecule has 0 amide bonds. The van der Waals surface area contributed by atoms with Crippen LogP contribution in [0.5, 0.6) is 5.75 Å². The van der Waals surface area contributed by atoms with Crippen molar-refractivity contribution < 1.29 is 4.74 Å². The molecule has 0 atom stereocenters. The highest BCUT2D eigenvalue weighted by molar-refractivity contribution is 5.85. The normalized spacial score (nSPS) is 14.6. The standard InChI is InChI=1S/C12H13N3O2/c1-7-13-9-6-11-10(15(2)3-4-17-11)5-8(9)12(16)14-7/h5-6H,3-4H2,1-2H3,(H,13,14,16). The number of hydrogen-bond acceptors (Lipinski definition) is 4. The molecule has 1 aliphatic heterocycles. The number of nitrogens with one attached hydrogen (secondary N) is 1. The van der Waals surface area contributed by atoms with Crippen LogP contribution in [0.3, 0.4) is 0 Å². The van der Waals surface area contributed by atoms with Gasteiger partial charge in [0.25, 0.3) is 5.56 Å². The van der Waals surface area contributed by atoms with Crippen LogP contribution in [0.4, 0.5) is 5.69 Å². The lowest BCUT2D eigenvalue weighted by molar-refractivity contribution is 0.312. The molecule has 0 fully saturated rings. The second kappa shape index (κ2) is 3.48. The molecule has 5 nitrogen and oxygen atoms in total. The molecule has 0 saturated carbocycles. The minimum absolute atomic E-state index is 0.103. The van der Waals surface area contributed by atoms with E-state index in [0.29, 0.717) is 23.3 Å². The number of nitrogens with zero attached hydrogens (tertiary/aromatic N) is 2. The van der Waals surface area contributed by atoms with Gasteiger partial charge in [-0.15, -0.1) is 0 Å². The van der Waals surface area contributed by atoms with Gasteiger partial charge in [0.1, 0.15) is 18.2 Å². The van der Waals surface area contributed by atoms with E-state index >= 15 is 0 Å². The molecule has 2 aromatic rings. The molecule has 1 aromatic carbocycles. The van der Waals surface area contributed by atoms with Crippen molar-refractivity contribution in [1.29, 1.82) is 0 Å². The van der Waals surface area contributed by atoms with Gasteiger partial charge in [0.05, 0.1) is 23.1 Å². The van der Waals surface area contributed by atoms with E-state index in [1.807, 2.05) is 19.2 Å². The number of hydrogen-bond donors (Lipinski definition) is 1. The molecule has 17 heavy (non-hydrogen) atoms. The lowest BCUT2D eigenvalue weighted by Crippen LogP contribution is -2.29. The number of likely N-dealkylation sites (N-methyl/N-ethyl adjacent to an activating group) is 1. The van der Waals surface area contributed by atoms with Crippen LogP contribution in [0.15, 0.2) is 16.9 Å². The van der Waals surface area contributed by atoms with E-state index < -0.39 is 0 Å². The maximum Gasteiger partial charge on any atom is 0.258 e. The maximum absolute atomic E-state index is 11.8. The summed E-state index contributed by atoms with van der Waals surface area (Å²) in [7, 11) is 1.99. The summed E-state index contributed by atoms with van der Waals surface area (Å²) in [6.45, 7) is 3.26. The van der Waals surface area contributed by atoms with E-state index in [-0.39, 0.29) is 5.56 Å². The molecule has 0 bridgehead atoms. The van der Waals surface area contributed by atoms with Crippen LogP contribution in [0, 0.1) is 6.92 Å². The molecule has 88 valence electrons. The Morgan fingerprint density at radius 1 is 1.47 bits per heavy atom. The van der Waals surface area contributed by atoms with Gasteiger partial charge in [0.15, 0.2) is 0 Å². The van der Waals surface area contributed by atoms with Crippen molar-refractivity contribution in [3.63, 3.8) is 0 Å². The molecular formula is C12H13N3O2. The van der Waals surface area contributed by atoms with E-state index in [0.717, 1.165) is 18.0 Å². The van der Waals surface area contributed by atoms with Gasteiger partial charge in [-0.25, -0.2) is 4.98 Å². The van der Waals surface area contributed by atoms with Gasteiger partial charge < -0.3 is 14.6 Å². The summed E-state index contributed by atoms with van der Waals surface area (Å²) in [6.07, 6.45) is 0. The Kier molecular flexibility index (Phi) is 2.07. The van der Waals surface area contributed by atoms with E-state index in [2.05, 4.69) is 14.9 Å². The fraction of sp³-hybridized carbons (Fsp3) is 0.333. The molecule has 0 radical (unpaired) electrons. The third-order valence-corrected chi connectivity index (χ3v) is 3.00. The number of aromatic nitrogens is 2. The molecule has 1 N–H and O–H groups in total. The third-order valence-electron chi connectivity index (χ3n) is 3.00. The molecule has 0 unspecified atom stereocenters. The van der Waals surface area contributed by atoms with Crippen LogP contribution < -0.4 is 15.2 Å². The quantitative estimate of drug-likeness (QED) is 0.736. The zero-order chi connectivity index (χ0) is 12.0. The first kappa shape index (κ1) is 10.1. The number of rotatable bonds is 0. The number of anilines is 1. The summed E-state index contributed by atoms with van der Waals surface area (Å²) in [4.78, 5) is 20.9. The lowest BCUT2D eigenvalue weighted by atomic mass is 10.1. The monoisotopic (exact) mass is 231 g/mol. The van der Waals surface area contributed by atoms with Crippen LogP contribution in [0.25, 0.3) is 10.9 Å². The van der Waals surface area contributed by atoms with Crippen LogP contribution in [0.2, 0.25) is 0 Å². The van der Waals surface area contributed by atoms with Crippen LogP contribution in [-0.4, -0.2) is 30.2 Å². The molecule has 1 aromatic heterocycles. The maximum atomic E-state index is 11.8. The highest BCUT2D eigenvalue weighted by atomic mass is 16.5. The van der Waals surface area contributed by atoms with Gasteiger partial charge in [0, 0.05) is 13.1 Å². The van der Waals surface area contributed by atoms with E-state index in [1.165, 1.54) is 0 Å². The summed E-state index contributed by atoms with van der Waals surface area (Å²) in [6, 6.07) is 3.68. The Balaban J connectivity index is 2.35. The van der Waals surface area contributed by atoms with Crippen molar-refractivity contribution in [1.82, 2.24) is 9.97 Å². The van der Waals surface area contributed by atoms with Crippen molar-refractivity contribution in [3.8, 4) is 5.75 Å². The van der Waals surface area contributed by atoms with E-state index in [4.69, 9.17) is 4.74 Å². The minimum atomic E-state index is -0.103. The predicted octanol–water partition coefficient (Wildman–Crippen LogP) is 1.06. The van der Waals surface area contributed by atoms with Gasteiger partial charge in [-0.2, -0.15) is 0 Å². The molecular weight excluding hydrogens is 218 g/mol. The van der Waals surface area contributed by atoms with E-state index in [9.17, 15) is 4.79 Å². The van der Waals surface area contributed by atoms with Gasteiger partial charge in [-0.3, -0.25) is 4.79 Å². The highest BCUT2D eigenvalue weighted by Gasteiger charge is 2.17. The van der Waals surface area contributed by atoms with Crippen LogP contribution in [-0.2, 0) is 0 Å². The molecule has 0 aliphatic carbocycles. The Labute approximate surface area is 98.0 Å². The number of fused-ring (bicyclic) bond motifs is 2. The Hall–Kier alpha value is -2.04. The largest absolute Gasteiger partial charge is 0.489 e. The third kappa shape index (κ3) is 1.54. The molecule has 3 rings (SSSR count). The summed E-state index contributed by atoms with van der Waals surface area (Å²) in [5, 5.41) is 0.603. The average molecular weight is 231 g/mol. The topological polar surface area (TPSA) is 58.2 Å². The number of ether oxygens (including phenoxy) is 1. The highest BCUT2D eigenvalue weighted by Crippen LogP contribution is 2.33. The summed E-state index contributed by atoms with van der Waals surface area (Å²) in [5.41, 5.74) is 1.52. The Morgan fingerprint density at radius 2 is 2.29 bits per heavy atom. The molecule has 0 spiro atoms. The Bertz CT molecular complexity index is 648. The smallest absolute Gasteiger partial charge is 0.258 e. The average Bonchev–Trinajstić information content (AvgIpc) is 2.27. The van der Waals surface area contributed by atoms with Gasteiger partial charge in [-0.05, 0) is 13.0 Å². The molecule has 5 heteroatoms. The minimum Gasteiger partial charge on any atom is -0.489 e. The second-order valence-corrected chi connectivity index (χ2v) is 4.26. The number of aromatic amines is 1. The fourth-order valence-electron chi connectivity index (χ4n) is 2.10. The van der Waals surface area contributed by atoms with Crippen molar-refractivity contribution in [3.05, 3.63) is 28.3 Å². The van der Waals surface area contributed by atoms with Crippen molar-refractivity contribution >= 4 is 16.6 Å². The van der Waals surface area contributed by atoms with Gasteiger partial charge >= 0.3 is 0 Å². The lowest BCUT2D eigenvalue weighted by Gasteiger charge is -2.27. The SMILES string of the molecule is Cc1nc2cc3c(cc2c(=O)[nH]1)N(C)CCO3. The predicted molar refractivity (Wildman–Crippen MR) is 65.9 cm³/mol. The van der Waals surface area contributed by atoms with Crippen molar-refractivity contribution in [2.75, 3.05) is 25.1 Å². The van der Waals surface area contributed by atoms with E-state index in [1.54, 1.807) is 6.92 Å². The molecule has 2 heterocycles. The fourth-order valence-corrected chi connectivity index (χ4v) is 2.10. The van der Waals surface area contributed by atoms with Crippen LogP contribution >= 0.6 is 0 Å². The van der Waals surface area contributed by atoms with Crippen molar-refractivity contribution in [2.45, 2.75) is 6.92 Å². The zero-order valence-corrected chi connectivity index (χ0v) is 9.78. The Morgan fingerprint density at radius 3 is 3.12 bits per heavy atom. The first-order chi connectivity index (χ1) is 8.15. The first-order valence-corrected chi connectivity index (χ1v) is 5.54. The summed E-state index contributed by atoms with van der Waals surface area (Å²) >= 11 is 0. The number of H-pyrrole nitrogens is 1. The molecule has 0 saturated heterocycles. The second-order valence-electron chi connectivity index (χ2n) is 4.26. The summed E-state index contributed by atoms with van der Waals surface area (Å²) in [5.74, 6) is 1.41. The van der Waals surface area contributed by atoms with Gasteiger partial charge in [0.2, 0.25) is 0 Å². The molecule has 1 aliphatic rings. The van der Waals surface area contributed by atoms with Gasteiger partial charge in [-0.1, -0.05) is 0 Å². The number of benzene rings is 1. The van der Waals surface area contributed by atoms with Crippen molar-refractivity contribution in [2.24, 2.45) is 0 Å². The number of aryl methyl sites for hydroxylation is 1. The zero-order valence-electron chi connectivity index (χ0n) is 9.78. The van der Waals surface area contributed by atoms with Crippen LogP contribution in [0.1, 0.15) is 5.82 Å². The first-order valence-electron chi connectivity index (χ1n) is 5.54. The summed E-state index contributed by atoms with van der Waals surface area (Å²) < 4.78 is 5.59.